The number of aryl methyl sites for hydroxylation is 2. The van der Waals surface area contributed by atoms with Crippen LogP contribution in [0.25, 0.3) is 0 Å². The Balaban J connectivity index is 1.79. The van der Waals surface area contributed by atoms with Gasteiger partial charge in [0.05, 0.1) is 30.6 Å². The minimum atomic E-state index is -1.15. The number of benzene rings is 1. The first-order chi connectivity index (χ1) is 17.1. The zero-order valence-corrected chi connectivity index (χ0v) is 23.3. The third-order valence-corrected chi connectivity index (χ3v) is 9.17. The Morgan fingerprint density at radius 2 is 2.00 bits per heavy atom. The van der Waals surface area contributed by atoms with Crippen LogP contribution in [0.5, 0.6) is 0 Å². The highest BCUT2D eigenvalue weighted by atomic mass is 79.9. The number of hydrogen-bond acceptors (Lipinski definition) is 5. The number of halogens is 1. The van der Waals surface area contributed by atoms with Gasteiger partial charge in [0.15, 0.2) is 0 Å². The normalized spacial score (nSPS) is 32.4. The Kier molecular flexibility index (Phi) is 7.84. The summed E-state index contributed by atoms with van der Waals surface area (Å²) in [5, 5.41) is 16.4. The first-order valence-corrected chi connectivity index (χ1v) is 13.9. The Hall–Kier alpha value is -1.97. The molecule has 0 radical (unpaired) electrons. The van der Waals surface area contributed by atoms with Gasteiger partial charge in [-0.05, 0) is 49.8 Å². The van der Waals surface area contributed by atoms with Crippen LogP contribution in [0.4, 0.5) is 5.69 Å². The van der Waals surface area contributed by atoms with E-state index >= 15 is 0 Å². The molecule has 36 heavy (non-hydrogen) atoms. The summed E-state index contributed by atoms with van der Waals surface area (Å²) in [6.07, 6.45) is 1.44. The molecule has 8 atom stereocenters. The summed E-state index contributed by atoms with van der Waals surface area (Å²) in [6.45, 7) is 10.0. The van der Waals surface area contributed by atoms with Crippen molar-refractivity contribution in [2.75, 3.05) is 18.5 Å². The standard InChI is InChI=1S/C27H38BrN3O5/c1-6-10-29-24(33)20-21-26(35)31(19(13-32)15(4)7-2)23(27(21)12-17(28)22(20)36-27)25(34)30-18-11-14(3)8-9-16(18)5/h8-9,11,15,17,19-23,32H,6-7,10,12-13H2,1-5H3,(H,29,33)(H,30,34)/t15-,17?,19-,20+,21-,22+,23?,27?/m0/s1. The van der Waals surface area contributed by atoms with E-state index in [4.69, 9.17) is 4.74 Å². The molecule has 3 saturated heterocycles. The molecule has 0 aromatic heterocycles. The zero-order valence-electron chi connectivity index (χ0n) is 21.7. The van der Waals surface area contributed by atoms with Crippen LogP contribution in [-0.2, 0) is 19.1 Å². The van der Waals surface area contributed by atoms with E-state index in [1.807, 2.05) is 52.8 Å². The second-order valence-corrected chi connectivity index (χ2v) is 11.8. The van der Waals surface area contributed by atoms with Crippen molar-refractivity contribution in [2.45, 2.75) is 82.5 Å². The molecule has 3 heterocycles. The number of ether oxygens (including phenoxy) is 1. The predicted molar refractivity (Wildman–Crippen MR) is 141 cm³/mol. The minimum absolute atomic E-state index is 0.0467. The van der Waals surface area contributed by atoms with E-state index in [9.17, 15) is 19.5 Å². The van der Waals surface area contributed by atoms with Gasteiger partial charge >= 0.3 is 0 Å². The summed E-state index contributed by atoms with van der Waals surface area (Å²) in [4.78, 5) is 42.9. The number of likely N-dealkylation sites (tertiary alicyclic amines) is 1. The molecule has 9 heteroatoms. The van der Waals surface area contributed by atoms with Crippen molar-refractivity contribution >= 4 is 39.3 Å². The van der Waals surface area contributed by atoms with Gasteiger partial charge in [-0.2, -0.15) is 0 Å². The molecule has 0 aliphatic carbocycles. The molecule has 3 aliphatic heterocycles. The summed E-state index contributed by atoms with van der Waals surface area (Å²) < 4.78 is 6.53. The van der Waals surface area contributed by atoms with Crippen LogP contribution in [0, 0.1) is 31.6 Å². The van der Waals surface area contributed by atoms with E-state index in [0.717, 1.165) is 24.0 Å². The first kappa shape index (κ1) is 27.1. The van der Waals surface area contributed by atoms with Crippen molar-refractivity contribution in [3.05, 3.63) is 29.3 Å². The highest BCUT2D eigenvalue weighted by molar-refractivity contribution is 9.09. The molecule has 4 rings (SSSR count). The van der Waals surface area contributed by atoms with E-state index in [-0.39, 0.29) is 35.1 Å². The molecule has 198 valence electrons. The average Bonchev–Trinajstić information content (AvgIpc) is 3.44. The van der Waals surface area contributed by atoms with E-state index in [0.29, 0.717) is 18.7 Å². The topological polar surface area (TPSA) is 108 Å². The number of rotatable bonds is 9. The number of anilines is 1. The molecule has 3 amide bonds. The van der Waals surface area contributed by atoms with Gasteiger partial charge in [0.2, 0.25) is 17.7 Å². The molecule has 1 spiro atoms. The quantitative estimate of drug-likeness (QED) is 0.400. The number of alkyl halides is 1. The number of carbonyl (C=O) groups is 3. The summed E-state index contributed by atoms with van der Waals surface area (Å²) in [7, 11) is 0. The third-order valence-electron chi connectivity index (χ3n) is 8.32. The number of aliphatic hydroxyl groups is 1. The summed E-state index contributed by atoms with van der Waals surface area (Å²) in [6, 6.07) is 4.30. The number of fused-ring (bicyclic) bond motifs is 1. The van der Waals surface area contributed by atoms with Gasteiger partial charge in [0.1, 0.15) is 11.6 Å². The highest BCUT2D eigenvalue weighted by Crippen LogP contribution is 2.60. The van der Waals surface area contributed by atoms with Gasteiger partial charge in [-0.1, -0.05) is 55.3 Å². The fourth-order valence-electron chi connectivity index (χ4n) is 6.28. The minimum Gasteiger partial charge on any atom is -0.394 e. The van der Waals surface area contributed by atoms with Crippen LogP contribution in [0.15, 0.2) is 18.2 Å². The largest absolute Gasteiger partial charge is 0.394 e. The number of hydrogen-bond donors (Lipinski definition) is 3. The molecule has 3 N–H and O–H groups in total. The lowest BCUT2D eigenvalue weighted by Gasteiger charge is -2.38. The first-order valence-electron chi connectivity index (χ1n) is 13.0. The molecular formula is C27H38BrN3O5. The van der Waals surface area contributed by atoms with E-state index in [1.54, 1.807) is 4.90 Å². The van der Waals surface area contributed by atoms with E-state index < -0.39 is 35.6 Å². The summed E-state index contributed by atoms with van der Waals surface area (Å²) in [5.74, 6) is -2.37. The van der Waals surface area contributed by atoms with Crippen LogP contribution >= 0.6 is 15.9 Å². The van der Waals surface area contributed by atoms with E-state index in [2.05, 4.69) is 26.6 Å². The summed E-state index contributed by atoms with van der Waals surface area (Å²) in [5.41, 5.74) is 1.44. The SMILES string of the molecule is CCCNC(=O)[C@H]1[C@@H]2OC3(CC2Br)C(C(=O)Nc2cc(C)ccc2C)N([C@@H](CO)[C@@H](C)CC)C(=O)[C@H]13. The number of nitrogens with one attached hydrogen (secondary N) is 2. The van der Waals surface area contributed by atoms with Crippen LogP contribution in [0.3, 0.4) is 0 Å². The highest BCUT2D eigenvalue weighted by Gasteiger charge is 2.77. The maximum atomic E-state index is 14.1. The average molecular weight is 565 g/mol. The molecule has 0 saturated carbocycles. The zero-order chi connectivity index (χ0) is 26.4. The van der Waals surface area contributed by atoms with Crippen LogP contribution < -0.4 is 10.6 Å². The Labute approximate surface area is 221 Å². The Bertz CT molecular complexity index is 1030. The maximum Gasteiger partial charge on any atom is 0.250 e. The number of carbonyl (C=O) groups excluding carboxylic acids is 3. The predicted octanol–water partition coefficient (Wildman–Crippen LogP) is 2.92. The molecule has 3 unspecified atom stereocenters. The van der Waals surface area contributed by atoms with Gasteiger partial charge in [0.25, 0.3) is 0 Å². The molecule has 1 aromatic carbocycles. The van der Waals surface area contributed by atoms with Gasteiger partial charge in [-0.15, -0.1) is 0 Å². The third kappa shape index (κ3) is 4.27. The summed E-state index contributed by atoms with van der Waals surface area (Å²) >= 11 is 3.69. The molecule has 3 fully saturated rings. The van der Waals surface area contributed by atoms with Crippen molar-refractivity contribution in [3.8, 4) is 0 Å². The molecule has 2 bridgehead atoms. The van der Waals surface area contributed by atoms with Crippen molar-refractivity contribution in [2.24, 2.45) is 17.8 Å². The Morgan fingerprint density at radius 1 is 1.28 bits per heavy atom. The van der Waals surface area contributed by atoms with Gasteiger partial charge in [-0.3, -0.25) is 14.4 Å². The molecular weight excluding hydrogens is 526 g/mol. The second-order valence-electron chi connectivity index (χ2n) is 10.6. The fourth-order valence-corrected chi connectivity index (χ4v) is 7.22. The van der Waals surface area contributed by atoms with Crippen LogP contribution in [0.2, 0.25) is 0 Å². The monoisotopic (exact) mass is 563 g/mol. The maximum absolute atomic E-state index is 14.1. The number of amides is 3. The van der Waals surface area contributed by atoms with Crippen molar-refractivity contribution in [1.82, 2.24) is 10.2 Å². The van der Waals surface area contributed by atoms with Gasteiger partial charge in [-0.25, -0.2) is 0 Å². The van der Waals surface area contributed by atoms with Crippen molar-refractivity contribution in [3.63, 3.8) is 0 Å². The van der Waals surface area contributed by atoms with Crippen molar-refractivity contribution in [1.29, 1.82) is 0 Å². The van der Waals surface area contributed by atoms with Crippen LogP contribution in [-0.4, -0.2) is 69.5 Å². The lowest BCUT2D eigenvalue weighted by atomic mass is 9.70. The lowest BCUT2D eigenvalue weighted by Crippen LogP contribution is -2.57. The Morgan fingerprint density at radius 3 is 2.64 bits per heavy atom. The van der Waals surface area contributed by atoms with Crippen LogP contribution in [0.1, 0.15) is 51.2 Å². The fraction of sp³-hybridized carbons (Fsp3) is 0.667. The van der Waals surface area contributed by atoms with Crippen molar-refractivity contribution < 1.29 is 24.2 Å². The number of nitrogens with zero attached hydrogens (tertiary/aromatic N) is 1. The van der Waals surface area contributed by atoms with E-state index in [1.165, 1.54) is 0 Å². The molecule has 1 aromatic rings. The number of aliphatic hydroxyl groups excluding tert-OH is 1. The smallest absolute Gasteiger partial charge is 0.250 e. The molecule has 8 nitrogen and oxygen atoms in total. The van der Waals surface area contributed by atoms with Gasteiger partial charge < -0.3 is 25.4 Å². The second kappa shape index (κ2) is 10.4. The lowest BCUT2D eigenvalue weighted by molar-refractivity contribution is -0.145. The van der Waals surface area contributed by atoms with Gasteiger partial charge in [0, 0.05) is 17.1 Å². The molecule has 3 aliphatic rings.